The number of piperazine rings is 1. The van der Waals surface area contributed by atoms with Crippen molar-refractivity contribution in [2.45, 2.75) is 58.2 Å². The molecule has 2 rings (SSSR count). The van der Waals surface area contributed by atoms with Crippen molar-refractivity contribution in [1.29, 1.82) is 0 Å². The second-order valence-electron chi connectivity index (χ2n) is 5.75. The van der Waals surface area contributed by atoms with Gasteiger partial charge in [-0.15, -0.1) is 0 Å². The molecule has 6 heteroatoms. The highest BCUT2D eigenvalue weighted by Crippen LogP contribution is 2.23. The quantitative estimate of drug-likeness (QED) is 0.810. The lowest BCUT2D eigenvalue weighted by molar-refractivity contribution is 0.212. The maximum atomic E-state index is 12.7. The molecule has 0 spiro atoms. The number of rotatable bonds is 2. The monoisotopic (exact) mass is 275 g/mol. The van der Waals surface area contributed by atoms with E-state index in [-0.39, 0.29) is 18.1 Å². The van der Waals surface area contributed by atoms with Crippen molar-refractivity contribution in [1.82, 2.24) is 13.9 Å². The fourth-order valence-corrected chi connectivity index (χ4v) is 5.07. The molecule has 0 aromatic rings. The summed E-state index contributed by atoms with van der Waals surface area (Å²) in [6, 6.07) is 0.594. The molecule has 2 saturated heterocycles. The van der Waals surface area contributed by atoms with E-state index in [1.807, 2.05) is 20.8 Å². The summed E-state index contributed by atoms with van der Waals surface area (Å²) in [5, 5.41) is 3.37. The first-order valence-corrected chi connectivity index (χ1v) is 8.34. The van der Waals surface area contributed by atoms with Gasteiger partial charge in [0.2, 0.25) is 0 Å². The fraction of sp³-hybridized carbons (Fsp3) is 1.00. The third kappa shape index (κ3) is 2.87. The van der Waals surface area contributed by atoms with Crippen LogP contribution < -0.4 is 5.32 Å². The maximum Gasteiger partial charge on any atom is 0.282 e. The molecule has 2 aliphatic heterocycles. The lowest BCUT2D eigenvalue weighted by atomic mass is 10.1. The van der Waals surface area contributed by atoms with Gasteiger partial charge in [-0.3, -0.25) is 0 Å². The minimum absolute atomic E-state index is 0.143. The van der Waals surface area contributed by atoms with Gasteiger partial charge in [-0.1, -0.05) is 6.42 Å². The molecular formula is C12H25N3O2S. The second kappa shape index (κ2) is 5.45. The molecule has 0 bridgehead atoms. The molecule has 5 nitrogen and oxygen atoms in total. The molecule has 0 amide bonds. The zero-order valence-electron chi connectivity index (χ0n) is 11.6. The molecule has 2 heterocycles. The van der Waals surface area contributed by atoms with Gasteiger partial charge in [-0.2, -0.15) is 17.0 Å². The van der Waals surface area contributed by atoms with Crippen molar-refractivity contribution >= 4 is 10.2 Å². The average molecular weight is 275 g/mol. The minimum Gasteiger partial charge on any atom is -0.309 e. The first kappa shape index (κ1) is 14.2. The van der Waals surface area contributed by atoms with E-state index in [2.05, 4.69) is 5.32 Å². The zero-order chi connectivity index (χ0) is 13.3. The molecule has 0 radical (unpaired) electrons. The van der Waals surface area contributed by atoms with Gasteiger partial charge in [-0.25, -0.2) is 0 Å². The van der Waals surface area contributed by atoms with Crippen molar-refractivity contribution < 1.29 is 8.42 Å². The highest BCUT2D eigenvalue weighted by molar-refractivity contribution is 7.86. The van der Waals surface area contributed by atoms with E-state index in [1.54, 1.807) is 8.61 Å². The molecule has 3 atom stereocenters. The molecule has 0 aliphatic carbocycles. The van der Waals surface area contributed by atoms with Crippen LogP contribution in [0, 0.1) is 0 Å². The molecule has 0 saturated carbocycles. The molecule has 2 fully saturated rings. The van der Waals surface area contributed by atoms with E-state index in [0.717, 1.165) is 19.3 Å². The molecule has 0 aromatic carbocycles. The first-order valence-electron chi connectivity index (χ1n) is 6.94. The Hall–Kier alpha value is -0.170. The lowest BCUT2D eigenvalue weighted by Gasteiger charge is -2.41. The number of nitrogens with zero attached hydrogens (tertiary/aromatic N) is 2. The molecule has 1 N–H and O–H groups in total. The molecule has 18 heavy (non-hydrogen) atoms. The standard InChI is InChI=1S/C12H25N3O2S/c1-10-8-14(9-11(2)13-10)18(16,17)15-7-5-4-6-12(15)3/h10-13H,4-9H2,1-3H3. The van der Waals surface area contributed by atoms with E-state index in [4.69, 9.17) is 0 Å². The number of nitrogens with one attached hydrogen (secondary N) is 1. The lowest BCUT2D eigenvalue weighted by Crippen LogP contribution is -2.60. The number of hydrogen-bond donors (Lipinski definition) is 1. The van der Waals surface area contributed by atoms with Crippen LogP contribution in [0.2, 0.25) is 0 Å². The Morgan fingerprint density at radius 3 is 2.22 bits per heavy atom. The molecule has 2 aliphatic rings. The Morgan fingerprint density at radius 1 is 1.06 bits per heavy atom. The highest BCUT2D eigenvalue weighted by Gasteiger charge is 2.37. The van der Waals surface area contributed by atoms with Gasteiger partial charge < -0.3 is 5.32 Å². The Kier molecular flexibility index (Phi) is 4.31. The maximum absolute atomic E-state index is 12.7. The summed E-state index contributed by atoms with van der Waals surface area (Å²) in [6.45, 7) is 7.93. The summed E-state index contributed by atoms with van der Waals surface area (Å²) < 4.78 is 28.7. The van der Waals surface area contributed by atoms with Crippen LogP contribution in [0.15, 0.2) is 0 Å². The molecule has 0 aromatic heterocycles. The van der Waals surface area contributed by atoms with Gasteiger partial charge in [0.15, 0.2) is 0 Å². The predicted molar refractivity (Wildman–Crippen MR) is 72.6 cm³/mol. The van der Waals surface area contributed by atoms with Gasteiger partial charge in [0, 0.05) is 37.8 Å². The molecule has 3 unspecified atom stereocenters. The summed E-state index contributed by atoms with van der Waals surface area (Å²) in [7, 11) is -3.27. The Bertz CT molecular complexity index is 375. The van der Waals surface area contributed by atoms with E-state index < -0.39 is 10.2 Å². The second-order valence-corrected chi connectivity index (χ2v) is 7.63. The van der Waals surface area contributed by atoms with Gasteiger partial charge in [-0.05, 0) is 33.6 Å². The van der Waals surface area contributed by atoms with E-state index in [1.165, 1.54) is 0 Å². The zero-order valence-corrected chi connectivity index (χ0v) is 12.4. The largest absolute Gasteiger partial charge is 0.309 e. The van der Waals surface area contributed by atoms with Crippen LogP contribution in [0.4, 0.5) is 0 Å². The van der Waals surface area contributed by atoms with E-state index in [9.17, 15) is 8.42 Å². The SMILES string of the molecule is CC1CN(S(=O)(=O)N2CCCCC2C)CC(C)N1. The van der Waals surface area contributed by atoms with E-state index >= 15 is 0 Å². The van der Waals surface area contributed by atoms with Crippen LogP contribution in [0.1, 0.15) is 40.0 Å². The van der Waals surface area contributed by atoms with Crippen LogP contribution in [-0.2, 0) is 10.2 Å². The van der Waals surface area contributed by atoms with Crippen molar-refractivity contribution in [3.8, 4) is 0 Å². The van der Waals surface area contributed by atoms with Crippen LogP contribution >= 0.6 is 0 Å². The van der Waals surface area contributed by atoms with Gasteiger partial charge in [0.05, 0.1) is 0 Å². The average Bonchev–Trinajstić information content (AvgIpc) is 2.28. The van der Waals surface area contributed by atoms with Gasteiger partial charge in [0.25, 0.3) is 10.2 Å². The smallest absolute Gasteiger partial charge is 0.282 e. The molecule has 106 valence electrons. The summed E-state index contributed by atoms with van der Waals surface area (Å²) in [5.74, 6) is 0. The van der Waals surface area contributed by atoms with Crippen LogP contribution in [0.25, 0.3) is 0 Å². The van der Waals surface area contributed by atoms with Crippen molar-refractivity contribution in [3.63, 3.8) is 0 Å². The third-order valence-corrected chi connectivity index (χ3v) is 5.97. The topological polar surface area (TPSA) is 52.7 Å². The van der Waals surface area contributed by atoms with Gasteiger partial charge >= 0.3 is 0 Å². The summed E-state index contributed by atoms with van der Waals surface area (Å²) in [6.07, 6.45) is 3.11. The Labute approximate surface area is 111 Å². The Balaban J connectivity index is 2.14. The summed E-state index contributed by atoms with van der Waals surface area (Å²) in [4.78, 5) is 0. The number of hydrogen-bond acceptors (Lipinski definition) is 3. The summed E-state index contributed by atoms with van der Waals surface area (Å²) in [5.41, 5.74) is 0. The first-order chi connectivity index (χ1) is 8.41. The normalized spacial score (nSPS) is 36.7. The van der Waals surface area contributed by atoms with Crippen LogP contribution in [0.3, 0.4) is 0 Å². The van der Waals surface area contributed by atoms with Crippen LogP contribution in [-0.4, -0.2) is 54.8 Å². The van der Waals surface area contributed by atoms with Crippen molar-refractivity contribution in [2.24, 2.45) is 0 Å². The Morgan fingerprint density at radius 2 is 1.67 bits per heavy atom. The predicted octanol–water partition coefficient (Wildman–Crippen LogP) is 0.788. The van der Waals surface area contributed by atoms with Crippen molar-refractivity contribution in [2.75, 3.05) is 19.6 Å². The van der Waals surface area contributed by atoms with E-state index in [0.29, 0.717) is 19.6 Å². The van der Waals surface area contributed by atoms with Crippen molar-refractivity contribution in [3.05, 3.63) is 0 Å². The minimum atomic E-state index is -3.27. The third-order valence-electron chi connectivity index (χ3n) is 3.89. The number of piperidine rings is 1. The fourth-order valence-electron chi connectivity index (χ4n) is 3.03. The van der Waals surface area contributed by atoms with Gasteiger partial charge in [0.1, 0.15) is 0 Å². The highest BCUT2D eigenvalue weighted by atomic mass is 32.2. The van der Waals surface area contributed by atoms with Crippen LogP contribution in [0.5, 0.6) is 0 Å². The molecular weight excluding hydrogens is 250 g/mol. The summed E-state index contributed by atoms with van der Waals surface area (Å²) >= 11 is 0.